The first-order chi connectivity index (χ1) is 11.4. The monoisotopic (exact) mass is 331 g/mol. The second-order valence-corrected chi connectivity index (χ2v) is 5.61. The zero-order chi connectivity index (χ0) is 17.4. The first-order valence-electron chi connectivity index (χ1n) is 7.22. The Hall–Kier alpha value is -2.96. The fourth-order valence-electron chi connectivity index (χ4n) is 2.66. The smallest absolute Gasteiger partial charge is 0.357 e. The number of nitrogens with zero attached hydrogens (tertiary/aromatic N) is 3. The lowest BCUT2D eigenvalue weighted by Gasteiger charge is -2.14. The molecule has 0 amide bonds. The Kier molecular flexibility index (Phi) is 3.92. The van der Waals surface area contributed by atoms with E-state index in [0.717, 1.165) is 12.1 Å². The molecule has 1 N–H and O–H groups in total. The summed E-state index contributed by atoms with van der Waals surface area (Å²) in [6, 6.07) is 8.58. The van der Waals surface area contributed by atoms with Crippen molar-refractivity contribution < 1.29 is 18.7 Å². The normalized spacial score (nSPS) is 11.0. The average molecular weight is 331 g/mol. The van der Waals surface area contributed by atoms with Crippen LogP contribution in [0.3, 0.4) is 0 Å². The van der Waals surface area contributed by atoms with Gasteiger partial charge in [-0.05, 0) is 18.2 Å². The van der Waals surface area contributed by atoms with E-state index in [-0.39, 0.29) is 17.8 Å². The zero-order valence-corrected chi connectivity index (χ0v) is 13.1. The Labute approximate surface area is 136 Å². The van der Waals surface area contributed by atoms with Gasteiger partial charge in [0.2, 0.25) is 0 Å². The van der Waals surface area contributed by atoms with Crippen LogP contribution in [0, 0.1) is 11.6 Å². The van der Waals surface area contributed by atoms with E-state index in [2.05, 4.69) is 5.10 Å². The van der Waals surface area contributed by atoms with Crippen LogP contribution in [-0.2, 0) is 6.54 Å². The largest absolute Gasteiger partial charge is 0.476 e. The lowest BCUT2D eigenvalue weighted by atomic mass is 10.1. The minimum Gasteiger partial charge on any atom is -0.476 e. The zero-order valence-electron chi connectivity index (χ0n) is 13.1. The second kappa shape index (κ2) is 5.92. The van der Waals surface area contributed by atoms with Crippen LogP contribution in [-0.4, -0.2) is 35.0 Å². The van der Waals surface area contributed by atoms with E-state index in [1.54, 1.807) is 37.2 Å². The van der Waals surface area contributed by atoms with Gasteiger partial charge in [-0.25, -0.2) is 13.6 Å². The highest BCUT2D eigenvalue weighted by molar-refractivity contribution is 6.07. The molecule has 0 aliphatic rings. The molecule has 124 valence electrons. The number of carbonyl (C=O) groups is 1. The third kappa shape index (κ3) is 2.68. The van der Waals surface area contributed by atoms with Gasteiger partial charge in [0.25, 0.3) is 0 Å². The molecular weight excluding hydrogens is 316 g/mol. The maximum atomic E-state index is 13.9. The molecule has 0 fully saturated rings. The third-order valence-electron chi connectivity index (χ3n) is 3.78. The first kappa shape index (κ1) is 15.9. The fraction of sp³-hybridized carbons (Fsp3) is 0.176. The summed E-state index contributed by atoms with van der Waals surface area (Å²) in [5.74, 6) is -2.52. The summed E-state index contributed by atoms with van der Waals surface area (Å²) in [6.07, 6.45) is 0. The summed E-state index contributed by atoms with van der Waals surface area (Å²) in [5.41, 5.74) is 1.41. The van der Waals surface area contributed by atoms with E-state index >= 15 is 0 Å². The minimum atomic E-state index is -1.16. The predicted molar refractivity (Wildman–Crippen MR) is 86.5 cm³/mol. The number of fused-ring (bicyclic) bond motifs is 1. The van der Waals surface area contributed by atoms with Crippen LogP contribution in [0.4, 0.5) is 14.5 Å². The van der Waals surface area contributed by atoms with E-state index in [1.807, 2.05) is 0 Å². The van der Waals surface area contributed by atoms with Gasteiger partial charge in [0, 0.05) is 31.4 Å². The molecule has 0 saturated heterocycles. The molecule has 0 bridgehead atoms. The number of anilines is 1. The predicted octanol–water partition coefficient (Wildman–Crippen LogP) is 3.13. The summed E-state index contributed by atoms with van der Waals surface area (Å²) < 4.78 is 28.4. The molecule has 3 aromatic rings. The van der Waals surface area contributed by atoms with Gasteiger partial charge in [0.1, 0.15) is 11.6 Å². The molecular formula is C17H15F2N3O2. The standard InChI is InChI=1S/C17H15F2N3O2/c1-21(2)13-4-3-5-14-15(13)16(17(23)24)20-22(14)9-10-6-7-11(18)8-12(10)19/h3-8H,9H2,1-2H3,(H,23,24). The Morgan fingerprint density at radius 3 is 2.62 bits per heavy atom. The van der Waals surface area contributed by atoms with Gasteiger partial charge in [0.05, 0.1) is 17.4 Å². The number of hydrogen-bond donors (Lipinski definition) is 1. The van der Waals surface area contributed by atoms with Crippen LogP contribution >= 0.6 is 0 Å². The quantitative estimate of drug-likeness (QED) is 0.798. The number of carboxylic acids is 1. The highest BCUT2D eigenvalue weighted by Crippen LogP contribution is 2.29. The number of aromatic nitrogens is 2. The molecule has 1 aromatic heterocycles. The van der Waals surface area contributed by atoms with Gasteiger partial charge in [-0.1, -0.05) is 12.1 Å². The summed E-state index contributed by atoms with van der Waals surface area (Å²) in [6.45, 7) is 0.00672. The summed E-state index contributed by atoms with van der Waals surface area (Å²) >= 11 is 0. The van der Waals surface area contributed by atoms with Gasteiger partial charge in [-0.15, -0.1) is 0 Å². The number of hydrogen-bond acceptors (Lipinski definition) is 3. The lowest BCUT2D eigenvalue weighted by Crippen LogP contribution is -2.10. The summed E-state index contributed by atoms with van der Waals surface area (Å²) in [4.78, 5) is 13.3. The number of aromatic carboxylic acids is 1. The minimum absolute atomic E-state index is 0.00672. The van der Waals surface area contributed by atoms with Crippen LogP contribution in [0.2, 0.25) is 0 Å². The molecule has 5 nitrogen and oxygen atoms in total. The fourth-order valence-corrected chi connectivity index (χ4v) is 2.66. The van der Waals surface area contributed by atoms with Crippen molar-refractivity contribution in [3.63, 3.8) is 0 Å². The van der Waals surface area contributed by atoms with Crippen molar-refractivity contribution in [2.45, 2.75) is 6.54 Å². The molecule has 3 rings (SSSR count). The molecule has 0 radical (unpaired) electrons. The van der Waals surface area contributed by atoms with Crippen molar-refractivity contribution in [1.29, 1.82) is 0 Å². The van der Waals surface area contributed by atoms with Crippen LogP contribution in [0.25, 0.3) is 10.9 Å². The van der Waals surface area contributed by atoms with Gasteiger partial charge in [-0.3, -0.25) is 4.68 Å². The molecule has 0 aliphatic carbocycles. The van der Waals surface area contributed by atoms with Gasteiger partial charge in [-0.2, -0.15) is 5.10 Å². The number of benzene rings is 2. The van der Waals surface area contributed by atoms with Crippen LogP contribution < -0.4 is 4.90 Å². The number of halogens is 2. The summed E-state index contributed by atoms with van der Waals surface area (Å²) in [7, 11) is 3.61. The van der Waals surface area contributed by atoms with Crippen LogP contribution in [0.5, 0.6) is 0 Å². The molecule has 0 saturated carbocycles. The van der Waals surface area contributed by atoms with E-state index in [9.17, 15) is 18.7 Å². The highest BCUT2D eigenvalue weighted by atomic mass is 19.1. The molecule has 0 unspecified atom stereocenters. The van der Waals surface area contributed by atoms with Crippen molar-refractivity contribution in [1.82, 2.24) is 9.78 Å². The van der Waals surface area contributed by atoms with E-state index in [4.69, 9.17) is 0 Å². The molecule has 24 heavy (non-hydrogen) atoms. The topological polar surface area (TPSA) is 58.4 Å². The van der Waals surface area contributed by atoms with E-state index < -0.39 is 17.6 Å². The van der Waals surface area contributed by atoms with Crippen molar-refractivity contribution in [3.05, 3.63) is 59.3 Å². The van der Waals surface area contributed by atoms with Gasteiger partial charge >= 0.3 is 5.97 Å². The van der Waals surface area contributed by atoms with Crippen molar-refractivity contribution in [2.75, 3.05) is 19.0 Å². The average Bonchev–Trinajstić information content (AvgIpc) is 2.89. The Bertz CT molecular complexity index is 935. The van der Waals surface area contributed by atoms with Crippen molar-refractivity contribution >= 4 is 22.6 Å². The Morgan fingerprint density at radius 2 is 2.00 bits per heavy atom. The Balaban J connectivity index is 2.18. The molecule has 0 atom stereocenters. The van der Waals surface area contributed by atoms with Gasteiger partial charge < -0.3 is 10.0 Å². The third-order valence-corrected chi connectivity index (χ3v) is 3.78. The maximum absolute atomic E-state index is 13.9. The van der Waals surface area contributed by atoms with Crippen molar-refractivity contribution in [2.24, 2.45) is 0 Å². The SMILES string of the molecule is CN(C)c1cccc2c1c(C(=O)O)nn2Cc1ccc(F)cc1F. The first-order valence-corrected chi connectivity index (χ1v) is 7.22. The molecule has 0 spiro atoms. The van der Waals surface area contributed by atoms with E-state index in [0.29, 0.717) is 16.6 Å². The van der Waals surface area contributed by atoms with Crippen LogP contribution in [0.1, 0.15) is 16.1 Å². The molecule has 2 aromatic carbocycles. The van der Waals surface area contributed by atoms with Crippen LogP contribution in [0.15, 0.2) is 36.4 Å². The lowest BCUT2D eigenvalue weighted by molar-refractivity contribution is 0.0691. The van der Waals surface area contributed by atoms with Gasteiger partial charge in [0.15, 0.2) is 5.69 Å². The second-order valence-electron chi connectivity index (χ2n) is 5.61. The number of rotatable bonds is 4. The molecule has 7 heteroatoms. The van der Waals surface area contributed by atoms with E-state index in [1.165, 1.54) is 10.7 Å². The number of carboxylic acid groups (broad SMARTS) is 1. The molecule has 1 heterocycles. The highest BCUT2D eigenvalue weighted by Gasteiger charge is 2.20. The Morgan fingerprint density at radius 1 is 1.25 bits per heavy atom. The maximum Gasteiger partial charge on any atom is 0.357 e. The van der Waals surface area contributed by atoms with Crippen molar-refractivity contribution in [3.8, 4) is 0 Å². The summed E-state index contributed by atoms with van der Waals surface area (Å²) in [5, 5.41) is 14.0. The molecule has 0 aliphatic heterocycles.